The summed E-state index contributed by atoms with van der Waals surface area (Å²) in [6.07, 6.45) is 0.925. The first-order chi connectivity index (χ1) is 12.1. The largest absolute Gasteiger partial charge is 0.334 e. The minimum atomic E-state index is -0.460. The number of fused-ring (bicyclic) bond motifs is 1. The van der Waals surface area contributed by atoms with Crippen LogP contribution in [0, 0.1) is 0 Å². The molecular weight excluding hydrogens is 314 g/mol. The minimum absolute atomic E-state index is 0.273. The molecule has 2 N–H and O–H groups in total. The van der Waals surface area contributed by atoms with Crippen LogP contribution < -0.4 is 10.6 Å². The highest BCUT2D eigenvalue weighted by molar-refractivity contribution is 5.96. The summed E-state index contributed by atoms with van der Waals surface area (Å²) in [5.41, 5.74) is 3.58. The Labute approximate surface area is 148 Å². The summed E-state index contributed by atoms with van der Waals surface area (Å²) >= 11 is 0. The average molecular weight is 337 g/mol. The Hall–Kier alpha value is -2.66. The molecule has 2 aromatic rings. The van der Waals surface area contributed by atoms with Gasteiger partial charge in [0.2, 0.25) is 5.91 Å². The van der Waals surface area contributed by atoms with Crippen molar-refractivity contribution in [2.45, 2.75) is 32.5 Å². The summed E-state index contributed by atoms with van der Waals surface area (Å²) in [5.74, 6) is -0.273. The maximum Gasteiger partial charge on any atom is 0.321 e. The van der Waals surface area contributed by atoms with Gasteiger partial charge in [0.15, 0.2) is 0 Å². The van der Waals surface area contributed by atoms with Gasteiger partial charge in [0.05, 0.1) is 6.04 Å². The second-order valence-corrected chi connectivity index (χ2v) is 6.32. The molecule has 1 aliphatic heterocycles. The minimum Gasteiger partial charge on any atom is -0.334 e. The lowest BCUT2D eigenvalue weighted by atomic mass is 9.99. The molecule has 1 aliphatic rings. The van der Waals surface area contributed by atoms with Gasteiger partial charge in [0, 0.05) is 19.6 Å². The van der Waals surface area contributed by atoms with Crippen molar-refractivity contribution in [2.24, 2.45) is 0 Å². The number of benzene rings is 2. The van der Waals surface area contributed by atoms with E-state index in [1.807, 2.05) is 49.4 Å². The highest BCUT2D eigenvalue weighted by Gasteiger charge is 2.26. The Morgan fingerprint density at radius 3 is 2.48 bits per heavy atom. The van der Waals surface area contributed by atoms with E-state index in [4.69, 9.17) is 0 Å². The fourth-order valence-electron chi connectivity index (χ4n) is 3.05. The van der Waals surface area contributed by atoms with Crippen molar-refractivity contribution < 1.29 is 9.59 Å². The van der Waals surface area contributed by atoms with Crippen LogP contribution in [0.5, 0.6) is 0 Å². The molecule has 2 aromatic carbocycles. The summed E-state index contributed by atoms with van der Waals surface area (Å²) in [6, 6.07) is 17.1. The maximum atomic E-state index is 12.4. The molecule has 1 heterocycles. The van der Waals surface area contributed by atoms with Crippen molar-refractivity contribution in [1.82, 2.24) is 15.5 Å². The van der Waals surface area contributed by atoms with E-state index in [2.05, 4.69) is 27.7 Å². The zero-order valence-electron chi connectivity index (χ0n) is 14.4. The number of carbonyl (C=O) groups is 2. The number of urea groups is 1. The van der Waals surface area contributed by atoms with Gasteiger partial charge in [-0.05, 0) is 30.0 Å². The van der Waals surface area contributed by atoms with E-state index in [-0.39, 0.29) is 11.9 Å². The van der Waals surface area contributed by atoms with Crippen LogP contribution in [-0.4, -0.2) is 29.4 Å². The number of hydrogen-bond donors (Lipinski definition) is 2. The molecule has 25 heavy (non-hydrogen) atoms. The SMILES string of the molecule is CC(C(=O)NC(=O)NCc1ccccc1)N1CCc2ccccc2C1. The predicted octanol–water partition coefficient (Wildman–Crippen LogP) is 2.46. The third-order valence-electron chi connectivity index (χ3n) is 4.62. The van der Waals surface area contributed by atoms with Crippen molar-refractivity contribution in [1.29, 1.82) is 0 Å². The number of nitrogens with one attached hydrogen (secondary N) is 2. The quantitative estimate of drug-likeness (QED) is 0.901. The van der Waals surface area contributed by atoms with Crippen molar-refractivity contribution in [3.8, 4) is 0 Å². The van der Waals surface area contributed by atoms with Gasteiger partial charge in [0.1, 0.15) is 0 Å². The van der Waals surface area contributed by atoms with Crippen LogP contribution in [0.1, 0.15) is 23.6 Å². The van der Waals surface area contributed by atoms with Gasteiger partial charge in [-0.3, -0.25) is 15.0 Å². The average Bonchev–Trinajstić information content (AvgIpc) is 2.66. The maximum absolute atomic E-state index is 12.4. The van der Waals surface area contributed by atoms with Crippen molar-refractivity contribution >= 4 is 11.9 Å². The molecule has 0 fully saturated rings. The van der Waals surface area contributed by atoms with Crippen LogP contribution in [0.2, 0.25) is 0 Å². The lowest BCUT2D eigenvalue weighted by Crippen LogP contribution is -2.50. The number of nitrogens with zero attached hydrogens (tertiary/aromatic N) is 1. The van der Waals surface area contributed by atoms with E-state index in [1.165, 1.54) is 11.1 Å². The van der Waals surface area contributed by atoms with Crippen molar-refractivity contribution in [2.75, 3.05) is 6.54 Å². The number of amides is 3. The summed E-state index contributed by atoms with van der Waals surface area (Å²) in [4.78, 5) is 26.4. The molecule has 3 amide bonds. The second-order valence-electron chi connectivity index (χ2n) is 6.32. The number of carbonyl (C=O) groups excluding carboxylic acids is 2. The molecule has 0 spiro atoms. The van der Waals surface area contributed by atoms with Gasteiger partial charge in [0.25, 0.3) is 0 Å². The third kappa shape index (κ3) is 4.45. The smallest absolute Gasteiger partial charge is 0.321 e. The molecule has 130 valence electrons. The fourth-order valence-corrected chi connectivity index (χ4v) is 3.05. The monoisotopic (exact) mass is 337 g/mol. The normalized spacial score (nSPS) is 15.1. The summed E-state index contributed by atoms with van der Waals surface area (Å²) in [6.45, 7) is 3.78. The van der Waals surface area contributed by atoms with Gasteiger partial charge in [-0.25, -0.2) is 4.79 Å². The molecule has 0 aliphatic carbocycles. The first-order valence-electron chi connectivity index (χ1n) is 8.57. The van der Waals surface area contributed by atoms with E-state index in [9.17, 15) is 9.59 Å². The number of hydrogen-bond acceptors (Lipinski definition) is 3. The lowest BCUT2D eigenvalue weighted by molar-refractivity contribution is -0.125. The second kappa shape index (κ2) is 7.94. The molecule has 5 heteroatoms. The van der Waals surface area contributed by atoms with Crippen LogP contribution in [0.4, 0.5) is 4.79 Å². The van der Waals surface area contributed by atoms with Crippen molar-refractivity contribution in [3.63, 3.8) is 0 Å². The van der Waals surface area contributed by atoms with Gasteiger partial charge in [-0.2, -0.15) is 0 Å². The lowest BCUT2D eigenvalue weighted by Gasteiger charge is -2.32. The third-order valence-corrected chi connectivity index (χ3v) is 4.62. The Morgan fingerprint density at radius 2 is 1.72 bits per heavy atom. The van der Waals surface area contributed by atoms with E-state index >= 15 is 0 Å². The number of rotatable bonds is 4. The molecule has 0 radical (unpaired) electrons. The highest BCUT2D eigenvalue weighted by Crippen LogP contribution is 2.20. The van der Waals surface area contributed by atoms with Crippen LogP contribution in [-0.2, 0) is 24.3 Å². The van der Waals surface area contributed by atoms with E-state index in [1.54, 1.807) is 0 Å². The standard InChI is InChI=1S/C20H23N3O2/c1-15(23-12-11-17-9-5-6-10-18(17)14-23)19(24)22-20(25)21-13-16-7-3-2-4-8-16/h2-10,15H,11-14H2,1H3,(H2,21,22,24,25). The van der Waals surface area contributed by atoms with E-state index in [0.717, 1.165) is 25.1 Å². The zero-order valence-corrected chi connectivity index (χ0v) is 14.4. The van der Waals surface area contributed by atoms with E-state index < -0.39 is 6.03 Å². The van der Waals surface area contributed by atoms with Gasteiger partial charge < -0.3 is 5.32 Å². The summed E-state index contributed by atoms with van der Waals surface area (Å²) in [7, 11) is 0. The Morgan fingerprint density at radius 1 is 1.04 bits per heavy atom. The van der Waals surface area contributed by atoms with Crippen LogP contribution in [0.25, 0.3) is 0 Å². The van der Waals surface area contributed by atoms with E-state index in [0.29, 0.717) is 6.54 Å². The molecule has 0 aromatic heterocycles. The molecular formula is C20H23N3O2. The van der Waals surface area contributed by atoms with Gasteiger partial charge in [-0.1, -0.05) is 54.6 Å². The first kappa shape index (κ1) is 17.2. The van der Waals surface area contributed by atoms with Gasteiger partial charge >= 0.3 is 6.03 Å². The molecule has 1 unspecified atom stereocenters. The highest BCUT2D eigenvalue weighted by atomic mass is 16.2. The van der Waals surface area contributed by atoms with Crippen LogP contribution >= 0.6 is 0 Å². The molecule has 0 saturated carbocycles. The Balaban J connectivity index is 1.50. The van der Waals surface area contributed by atoms with Crippen LogP contribution in [0.3, 0.4) is 0 Å². The predicted molar refractivity (Wildman–Crippen MR) is 96.8 cm³/mol. The number of imide groups is 1. The fraction of sp³-hybridized carbons (Fsp3) is 0.300. The molecule has 1 atom stereocenters. The molecule has 5 nitrogen and oxygen atoms in total. The van der Waals surface area contributed by atoms with Crippen LogP contribution in [0.15, 0.2) is 54.6 Å². The van der Waals surface area contributed by atoms with Gasteiger partial charge in [-0.15, -0.1) is 0 Å². The zero-order chi connectivity index (χ0) is 17.6. The van der Waals surface area contributed by atoms with Crippen molar-refractivity contribution in [3.05, 3.63) is 71.3 Å². The summed E-state index contributed by atoms with van der Waals surface area (Å²) in [5, 5.41) is 5.15. The molecule has 3 rings (SSSR count). The molecule has 0 saturated heterocycles. The Kier molecular flexibility index (Phi) is 5.46. The summed E-state index contributed by atoms with van der Waals surface area (Å²) < 4.78 is 0. The topological polar surface area (TPSA) is 61.4 Å². The Bertz CT molecular complexity index is 746. The first-order valence-corrected chi connectivity index (χ1v) is 8.57. The molecule has 0 bridgehead atoms.